The molecule has 0 amide bonds. The monoisotopic (exact) mass is 614 g/mol. The van der Waals surface area contributed by atoms with E-state index in [1.807, 2.05) is 13.1 Å². The Balaban J connectivity index is 0.000000591. The van der Waals surface area contributed by atoms with Gasteiger partial charge in [0.1, 0.15) is 0 Å². The number of nitrogens with one attached hydrogen (secondary N) is 1. The molecule has 0 saturated heterocycles. The summed E-state index contributed by atoms with van der Waals surface area (Å²) in [5.41, 5.74) is 11.6. The maximum Gasteiger partial charge on any atom is -0.0828 e. The SMILES string of the molecule is C1=C(c2ccccc2)[CH]([Gd+][CH]2C(c3ccccc3)=Cc3ccccc32)c2ccccc21.C[SiH](C)[NH-]. The van der Waals surface area contributed by atoms with Crippen molar-refractivity contribution in [2.24, 2.45) is 0 Å². The van der Waals surface area contributed by atoms with Crippen LogP contribution in [0.25, 0.3) is 28.7 Å². The van der Waals surface area contributed by atoms with E-state index in [4.69, 9.17) is 5.40 Å². The van der Waals surface area contributed by atoms with E-state index in [1.165, 1.54) is 44.5 Å². The summed E-state index contributed by atoms with van der Waals surface area (Å²) < 4.78 is 1.06. The molecule has 35 heavy (non-hydrogen) atoms. The first-order valence-electron chi connectivity index (χ1n) is 12.1. The van der Waals surface area contributed by atoms with E-state index < -0.39 is 44.8 Å². The summed E-state index contributed by atoms with van der Waals surface area (Å²) in [5.74, 6) is 0. The maximum atomic E-state index is 6.72. The molecular weight excluding hydrogens is 584 g/mol. The molecule has 0 spiro atoms. The summed E-state index contributed by atoms with van der Waals surface area (Å²) in [6.07, 6.45) is 4.88. The number of fused-ring (bicyclic) bond motifs is 2. The van der Waals surface area contributed by atoms with Crippen LogP contribution < -0.4 is 0 Å². The van der Waals surface area contributed by atoms with E-state index in [2.05, 4.69) is 121 Å². The molecule has 0 heterocycles. The van der Waals surface area contributed by atoms with Gasteiger partial charge in [-0.3, -0.25) is 0 Å². The maximum absolute atomic E-state index is 6.72. The van der Waals surface area contributed by atoms with Crippen molar-refractivity contribution in [2.45, 2.75) is 16.5 Å². The summed E-state index contributed by atoms with van der Waals surface area (Å²) in [7, 11) is -0.889. The summed E-state index contributed by atoms with van der Waals surface area (Å²) in [5, 5.41) is 6.72. The first-order chi connectivity index (χ1) is 17.1. The third-order valence-corrected chi connectivity index (χ3v) is 10.5. The minimum Gasteiger partial charge on any atom is -0.682 e. The summed E-state index contributed by atoms with van der Waals surface area (Å²) in [6.45, 7) is 3.94. The molecule has 2 atom stereocenters. The van der Waals surface area contributed by atoms with Crippen LogP contribution in [0.1, 0.15) is 36.8 Å². The Morgan fingerprint density at radius 3 is 1.29 bits per heavy atom. The number of benzene rings is 4. The molecule has 1 N–H and O–H groups in total. The van der Waals surface area contributed by atoms with E-state index in [-0.39, 0.29) is 0 Å². The van der Waals surface area contributed by atoms with E-state index in [0.717, 1.165) is 0 Å². The van der Waals surface area contributed by atoms with Gasteiger partial charge in [-0.1, -0.05) is 22.1 Å². The van der Waals surface area contributed by atoms with Gasteiger partial charge in [0.15, 0.2) is 0 Å². The second-order valence-electron chi connectivity index (χ2n) is 9.16. The zero-order valence-electron chi connectivity index (χ0n) is 20.1. The predicted molar refractivity (Wildman–Crippen MR) is 150 cm³/mol. The smallest absolute Gasteiger partial charge is 0.0828 e. The van der Waals surface area contributed by atoms with Gasteiger partial charge in [0.25, 0.3) is 0 Å². The Morgan fingerprint density at radius 1 is 0.543 bits per heavy atom. The van der Waals surface area contributed by atoms with Gasteiger partial charge in [-0.2, -0.15) is 0 Å². The molecule has 2 aliphatic carbocycles. The van der Waals surface area contributed by atoms with Gasteiger partial charge in [-0.15, -0.1) is 0 Å². The number of rotatable bonds is 4. The first-order valence-corrected chi connectivity index (χ1v) is 17.6. The fourth-order valence-corrected chi connectivity index (χ4v) is 9.34. The van der Waals surface area contributed by atoms with Crippen LogP contribution in [0.3, 0.4) is 0 Å². The van der Waals surface area contributed by atoms with E-state index in [1.54, 1.807) is 0 Å². The molecule has 175 valence electrons. The molecule has 2 unspecified atom stereocenters. The zero-order valence-corrected chi connectivity index (χ0v) is 23.6. The predicted octanol–water partition coefficient (Wildman–Crippen LogP) is 8.68. The van der Waals surface area contributed by atoms with Crippen molar-refractivity contribution in [2.75, 3.05) is 0 Å². The molecule has 0 radical (unpaired) electrons. The summed E-state index contributed by atoms with van der Waals surface area (Å²) in [6, 6.07) is 40.0. The van der Waals surface area contributed by atoms with Crippen LogP contribution >= 0.6 is 0 Å². The van der Waals surface area contributed by atoms with Crippen molar-refractivity contribution in [3.8, 4) is 0 Å². The zero-order chi connectivity index (χ0) is 24.2. The summed E-state index contributed by atoms with van der Waals surface area (Å²) >= 11 is -0.572. The van der Waals surface area contributed by atoms with Gasteiger partial charge in [0.05, 0.1) is 0 Å². The van der Waals surface area contributed by atoms with Gasteiger partial charge in [-0.25, -0.2) is 0 Å². The minimum absolute atomic E-state index is 0.530. The van der Waals surface area contributed by atoms with Crippen LogP contribution in [0.4, 0.5) is 0 Å². The van der Waals surface area contributed by atoms with Gasteiger partial charge in [0, 0.05) is 0 Å². The van der Waals surface area contributed by atoms with Crippen molar-refractivity contribution < 1.29 is 35.9 Å². The van der Waals surface area contributed by atoms with Crippen molar-refractivity contribution in [1.29, 1.82) is 0 Å². The quantitative estimate of drug-likeness (QED) is 0.206. The van der Waals surface area contributed by atoms with Gasteiger partial charge < -0.3 is 5.40 Å². The van der Waals surface area contributed by atoms with E-state index in [0.29, 0.717) is 3.40 Å². The standard InChI is InChI=1S/2C15H11.C2H8NSi.Gd/c2*1-2-6-12(7-3-1)15-10-13-8-4-5-9-14(13)11-15;1-4(2)3;/h2*1-11H;3-4H,1-2H3;/q;;-1;+1. The normalized spacial score (nSPS) is 17.7. The summed E-state index contributed by atoms with van der Waals surface area (Å²) in [4.78, 5) is 0. The van der Waals surface area contributed by atoms with Crippen LogP contribution in [0.5, 0.6) is 0 Å². The van der Waals surface area contributed by atoms with Crippen molar-refractivity contribution in [3.05, 3.63) is 148 Å². The molecule has 3 heteroatoms. The van der Waals surface area contributed by atoms with Crippen molar-refractivity contribution in [1.82, 2.24) is 0 Å². The Kier molecular flexibility index (Phi) is 7.91. The third kappa shape index (κ3) is 5.50. The van der Waals surface area contributed by atoms with Crippen LogP contribution in [0.15, 0.2) is 109 Å². The van der Waals surface area contributed by atoms with Crippen molar-refractivity contribution in [3.63, 3.8) is 0 Å². The second-order valence-corrected chi connectivity index (χ2v) is 14.8. The molecule has 0 aliphatic heterocycles. The second kappa shape index (κ2) is 11.3. The molecule has 4 aromatic carbocycles. The first kappa shape index (κ1) is 24.6. The Bertz CT molecular complexity index is 1250. The molecule has 0 saturated carbocycles. The van der Waals surface area contributed by atoms with E-state index >= 15 is 0 Å². The molecule has 1 nitrogen and oxygen atoms in total. The Morgan fingerprint density at radius 2 is 0.886 bits per heavy atom. The minimum atomic E-state index is -0.889. The van der Waals surface area contributed by atoms with Gasteiger partial charge >= 0.3 is 205 Å². The number of allylic oxidation sites excluding steroid dienone is 2. The van der Waals surface area contributed by atoms with Crippen LogP contribution in [-0.4, -0.2) is 8.96 Å². The van der Waals surface area contributed by atoms with Gasteiger partial charge in [-0.05, 0) is 0 Å². The molecule has 0 aromatic heterocycles. The van der Waals surface area contributed by atoms with Crippen LogP contribution in [0.2, 0.25) is 13.1 Å². The third-order valence-electron chi connectivity index (χ3n) is 6.13. The fraction of sp³-hybridized carbons (Fsp3) is 0.125. The average Bonchev–Trinajstić information content (AvgIpc) is 3.44. The van der Waals surface area contributed by atoms with Crippen LogP contribution in [0, 0.1) is 35.9 Å². The van der Waals surface area contributed by atoms with Crippen LogP contribution in [-0.2, 0) is 0 Å². The molecular formula is C32H30GdNSi. The largest absolute Gasteiger partial charge is 0.682 e. The molecule has 2 aliphatic rings. The number of hydrogen-bond acceptors (Lipinski definition) is 0. The molecule has 6 rings (SSSR count). The molecule has 0 fully saturated rings. The number of hydrogen-bond donors (Lipinski definition) is 0. The Hall–Kier alpha value is -2.14. The van der Waals surface area contributed by atoms with Gasteiger partial charge in [0.2, 0.25) is 0 Å². The van der Waals surface area contributed by atoms with Crippen molar-refractivity contribution >= 4 is 32.3 Å². The fourth-order valence-electron chi connectivity index (χ4n) is 4.63. The Labute approximate surface area is 230 Å². The topological polar surface area (TPSA) is 23.8 Å². The average molecular weight is 614 g/mol. The molecule has 4 aromatic rings. The van der Waals surface area contributed by atoms with E-state index in [9.17, 15) is 0 Å². The molecule has 0 bridgehead atoms.